The third-order valence-electron chi connectivity index (χ3n) is 3.10. The third-order valence-corrected chi connectivity index (χ3v) is 3.10. The molecule has 2 atom stereocenters. The predicted octanol–water partition coefficient (Wildman–Crippen LogP) is 1.82. The molecule has 1 aromatic carbocycles. The highest BCUT2D eigenvalue weighted by Gasteiger charge is 2.30. The zero-order valence-electron chi connectivity index (χ0n) is 11.0. The summed E-state index contributed by atoms with van der Waals surface area (Å²) < 4.78 is 24.5. The van der Waals surface area contributed by atoms with Crippen molar-refractivity contribution in [1.82, 2.24) is 0 Å². The molecule has 0 aliphatic carbocycles. The molecule has 7 heteroatoms. The van der Waals surface area contributed by atoms with Crippen LogP contribution in [0.5, 0.6) is 5.75 Å². The average Bonchev–Trinajstić information content (AvgIpc) is 2.79. The second-order valence-electron chi connectivity index (χ2n) is 4.68. The van der Waals surface area contributed by atoms with Gasteiger partial charge in [-0.3, -0.25) is 10.1 Å². The van der Waals surface area contributed by atoms with Crippen molar-refractivity contribution in [2.75, 3.05) is 13.2 Å². The molecule has 1 saturated heterocycles. The van der Waals surface area contributed by atoms with Crippen LogP contribution in [0.25, 0.3) is 0 Å². The molecule has 2 rings (SSSR count). The molecule has 1 aromatic rings. The van der Waals surface area contributed by atoms with E-state index in [0.29, 0.717) is 18.4 Å². The van der Waals surface area contributed by atoms with E-state index in [1.807, 2.05) is 6.92 Å². The van der Waals surface area contributed by atoms with Gasteiger partial charge in [-0.1, -0.05) is 13.3 Å². The van der Waals surface area contributed by atoms with Crippen LogP contribution in [0.4, 0.5) is 10.1 Å². The molecule has 110 valence electrons. The Kier molecular flexibility index (Phi) is 4.51. The topological polar surface area (TPSA) is 81.8 Å². The number of aryl methyl sites for hydroxylation is 1. The van der Waals surface area contributed by atoms with Crippen LogP contribution in [0.2, 0.25) is 0 Å². The van der Waals surface area contributed by atoms with Crippen molar-refractivity contribution in [2.45, 2.75) is 32.0 Å². The Hall–Kier alpha value is -1.73. The van der Waals surface area contributed by atoms with E-state index in [2.05, 4.69) is 0 Å². The summed E-state index contributed by atoms with van der Waals surface area (Å²) in [6, 6.07) is 2.14. The number of halogens is 1. The second kappa shape index (κ2) is 6.15. The summed E-state index contributed by atoms with van der Waals surface area (Å²) in [5, 5.41) is 20.4. The number of hydrogen-bond acceptors (Lipinski definition) is 5. The number of benzene rings is 1. The van der Waals surface area contributed by atoms with Crippen molar-refractivity contribution in [2.24, 2.45) is 0 Å². The van der Waals surface area contributed by atoms with Gasteiger partial charge in [0.15, 0.2) is 17.7 Å². The van der Waals surface area contributed by atoms with Crippen molar-refractivity contribution in [3.63, 3.8) is 0 Å². The van der Waals surface area contributed by atoms with Crippen LogP contribution in [0.1, 0.15) is 18.9 Å². The fourth-order valence-corrected chi connectivity index (χ4v) is 2.11. The van der Waals surface area contributed by atoms with Gasteiger partial charge in [-0.25, -0.2) is 4.39 Å². The number of hydrogen-bond donors (Lipinski definition) is 1. The zero-order valence-corrected chi connectivity index (χ0v) is 11.0. The first-order valence-corrected chi connectivity index (χ1v) is 6.42. The molecule has 1 heterocycles. The van der Waals surface area contributed by atoms with Gasteiger partial charge in [-0.15, -0.1) is 0 Å². The van der Waals surface area contributed by atoms with Crippen LogP contribution in [-0.4, -0.2) is 35.5 Å². The minimum atomic E-state index is -0.820. The number of rotatable bonds is 5. The Morgan fingerprint density at radius 1 is 1.55 bits per heavy atom. The minimum Gasteiger partial charge on any atom is -0.482 e. The number of non-ortho nitro benzene ring substituents is 1. The van der Waals surface area contributed by atoms with Crippen molar-refractivity contribution in [3.05, 3.63) is 33.6 Å². The number of nitrogens with zero attached hydrogens (tertiary/aromatic N) is 1. The third kappa shape index (κ3) is 3.05. The maximum Gasteiger partial charge on any atom is 0.272 e. The highest BCUT2D eigenvalue weighted by Crippen LogP contribution is 2.31. The minimum absolute atomic E-state index is 0.0352. The fraction of sp³-hybridized carbons (Fsp3) is 0.538. The summed E-state index contributed by atoms with van der Waals surface area (Å²) in [5.74, 6) is -0.825. The first-order chi connectivity index (χ1) is 9.52. The molecule has 1 fully saturated rings. The Balaban J connectivity index is 2.32. The van der Waals surface area contributed by atoms with Gasteiger partial charge < -0.3 is 14.6 Å². The molecular weight excluding hydrogens is 269 g/mol. The first-order valence-electron chi connectivity index (χ1n) is 6.42. The van der Waals surface area contributed by atoms with E-state index in [9.17, 15) is 19.6 Å². The Morgan fingerprint density at radius 3 is 2.85 bits per heavy atom. The molecule has 0 amide bonds. The second-order valence-corrected chi connectivity index (χ2v) is 4.68. The maximum absolute atomic E-state index is 14.0. The van der Waals surface area contributed by atoms with Gasteiger partial charge in [0.25, 0.3) is 5.69 Å². The normalized spacial score (nSPS) is 21.9. The van der Waals surface area contributed by atoms with Gasteiger partial charge in [0, 0.05) is 11.6 Å². The number of nitro benzene ring substituents is 1. The highest BCUT2D eigenvalue weighted by molar-refractivity contribution is 5.45. The summed E-state index contributed by atoms with van der Waals surface area (Å²) in [6.45, 7) is 2.19. The highest BCUT2D eigenvalue weighted by atomic mass is 19.1. The van der Waals surface area contributed by atoms with Crippen LogP contribution in [-0.2, 0) is 11.2 Å². The predicted molar refractivity (Wildman–Crippen MR) is 68.3 cm³/mol. The maximum atomic E-state index is 14.0. The lowest BCUT2D eigenvalue weighted by atomic mass is 10.1. The molecule has 6 nitrogen and oxygen atoms in total. The molecule has 0 spiro atoms. The van der Waals surface area contributed by atoms with Crippen molar-refractivity contribution < 1.29 is 23.9 Å². The lowest BCUT2D eigenvalue weighted by Gasteiger charge is -2.18. The largest absolute Gasteiger partial charge is 0.482 e. The van der Waals surface area contributed by atoms with Gasteiger partial charge in [0.1, 0.15) is 6.10 Å². The van der Waals surface area contributed by atoms with Gasteiger partial charge in [-0.2, -0.15) is 0 Å². The summed E-state index contributed by atoms with van der Waals surface area (Å²) in [5.41, 5.74) is 0.125. The molecule has 0 unspecified atom stereocenters. The monoisotopic (exact) mass is 285 g/mol. The van der Waals surface area contributed by atoms with Gasteiger partial charge in [-0.05, 0) is 6.42 Å². The first kappa shape index (κ1) is 14.7. The molecule has 1 aliphatic heterocycles. The molecule has 20 heavy (non-hydrogen) atoms. The van der Waals surface area contributed by atoms with Gasteiger partial charge in [0.2, 0.25) is 0 Å². The van der Waals surface area contributed by atoms with Crippen LogP contribution < -0.4 is 4.74 Å². The van der Waals surface area contributed by atoms with E-state index >= 15 is 0 Å². The lowest BCUT2D eigenvalue weighted by Crippen LogP contribution is -2.30. The molecule has 1 aliphatic rings. The molecule has 0 bridgehead atoms. The summed E-state index contributed by atoms with van der Waals surface area (Å²) in [7, 11) is 0. The van der Waals surface area contributed by atoms with E-state index in [4.69, 9.17) is 9.47 Å². The molecule has 0 radical (unpaired) electrons. The van der Waals surface area contributed by atoms with Crippen molar-refractivity contribution in [3.8, 4) is 5.75 Å². The summed E-state index contributed by atoms with van der Waals surface area (Å²) in [6.07, 6.45) is -0.321. The van der Waals surface area contributed by atoms with Crippen LogP contribution in [0, 0.1) is 15.9 Å². The van der Waals surface area contributed by atoms with Crippen molar-refractivity contribution >= 4 is 5.69 Å². The summed E-state index contributed by atoms with van der Waals surface area (Å²) in [4.78, 5) is 10.1. The Labute approximate surface area is 115 Å². The van der Waals surface area contributed by atoms with Gasteiger partial charge in [0.05, 0.1) is 24.2 Å². The van der Waals surface area contributed by atoms with E-state index in [1.54, 1.807) is 0 Å². The van der Waals surface area contributed by atoms with E-state index in [1.165, 1.54) is 6.07 Å². The zero-order chi connectivity index (χ0) is 14.7. The van der Waals surface area contributed by atoms with E-state index in [0.717, 1.165) is 6.07 Å². The van der Waals surface area contributed by atoms with E-state index in [-0.39, 0.29) is 24.7 Å². The number of ether oxygens (including phenoxy) is 2. The standard InChI is InChI=1S/C13H16FNO5/c1-2-3-8-4-9(15(17)18)5-10(14)13(8)20-12-7-19-6-11(12)16/h4-5,11-12,16H,2-3,6-7H2,1H3/t11-,12+/m0/s1. The molecule has 0 saturated carbocycles. The number of aliphatic hydroxyl groups is 1. The quantitative estimate of drug-likeness (QED) is 0.659. The number of aliphatic hydroxyl groups excluding tert-OH is 1. The van der Waals surface area contributed by atoms with Gasteiger partial charge >= 0.3 is 0 Å². The lowest BCUT2D eigenvalue weighted by molar-refractivity contribution is -0.385. The van der Waals surface area contributed by atoms with Crippen molar-refractivity contribution in [1.29, 1.82) is 0 Å². The summed E-state index contributed by atoms with van der Waals surface area (Å²) >= 11 is 0. The SMILES string of the molecule is CCCc1cc([N+](=O)[O-])cc(F)c1O[C@@H]1COC[C@@H]1O. The fourth-order valence-electron chi connectivity index (χ4n) is 2.11. The Bertz CT molecular complexity index is 508. The molecule has 1 N–H and O–H groups in total. The van der Waals surface area contributed by atoms with E-state index < -0.39 is 22.9 Å². The average molecular weight is 285 g/mol. The molecular formula is C13H16FNO5. The van der Waals surface area contributed by atoms with Crippen LogP contribution in [0.3, 0.4) is 0 Å². The number of nitro groups is 1. The van der Waals surface area contributed by atoms with Crippen LogP contribution >= 0.6 is 0 Å². The Morgan fingerprint density at radius 2 is 2.30 bits per heavy atom. The molecule has 0 aromatic heterocycles. The van der Waals surface area contributed by atoms with Crippen LogP contribution in [0.15, 0.2) is 12.1 Å². The smallest absolute Gasteiger partial charge is 0.272 e.